The van der Waals surface area contributed by atoms with Gasteiger partial charge in [-0.15, -0.1) is 0 Å². The molecular formula is C8H5BrClF2NO2. The van der Waals surface area contributed by atoms with Gasteiger partial charge in [0.15, 0.2) is 5.78 Å². The van der Waals surface area contributed by atoms with E-state index in [1.54, 1.807) is 0 Å². The molecule has 1 aromatic heterocycles. The van der Waals surface area contributed by atoms with Gasteiger partial charge in [-0.2, -0.15) is 8.78 Å². The zero-order valence-electron chi connectivity index (χ0n) is 7.21. The summed E-state index contributed by atoms with van der Waals surface area (Å²) in [5.41, 5.74) is -0.0697. The molecule has 7 heteroatoms. The zero-order valence-corrected chi connectivity index (χ0v) is 9.56. The van der Waals surface area contributed by atoms with Crippen LogP contribution in [0.25, 0.3) is 0 Å². The monoisotopic (exact) mass is 299 g/mol. The fourth-order valence-corrected chi connectivity index (χ4v) is 1.34. The maximum atomic E-state index is 12.0. The molecule has 0 bridgehead atoms. The van der Waals surface area contributed by atoms with Gasteiger partial charge in [-0.1, -0.05) is 27.5 Å². The minimum atomic E-state index is -3.03. The van der Waals surface area contributed by atoms with Gasteiger partial charge in [0.2, 0.25) is 5.88 Å². The summed E-state index contributed by atoms with van der Waals surface area (Å²) in [4.78, 5) is 14.8. The lowest BCUT2D eigenvalue weighted by Crippen LogP contribution is -2.10. The van der Waals surface area contributed by atoms with Crippen molar-refractivity contribution in [3.63, 3.8) is 0 Å². The van der Waals surface area contributed by atoms with E-state index in [0.29, 0.717) is 0 Å². The van der Waals surface area contributed by atoms with E-state index in [9.17, 15) is 13.6 Å². The van der Waals surface area contributed by atoms with E-state index >= 15 is 0 Å². The van der Waals surface area contributed by atoms with E-state index in [1.165, 1.54) is 6.07 Å². The number of hydrogen-bond donors (Lipinski definition) is 0. The summed E-state index contributed by atoms with van der Waals surface area (Å²) in [5.74, 6) is -0.848. The van der Waals surface area contributed by atoms with Gasteiger partial charge in [-0.3, -0.25) is 4.79 Å². The van der Waals surface area contributed by atoms with Crippen LogP contribution in [0.2, 0.25) is 5.02 Å². The standard InChI is InChI=1S/C8H5BrClF2NO2/c9-2-6(14)5-1-4(10)3-13-7(5)15-8(11)12/h1,3,8H,2H2. The molecule has 0 aliphatic carbocycles. The van der Waals surface area contributed by atoms with Gasteiger partial charge in [-0.05, 0) is 6.07 Å². The number of carbonyl (C=O) groups is 1. The Morgan fingerprint density at radius 2 is 2.33 bits per heavy atom. The fraction of sp³-hybridized carbons (Fsp3) is 0.250. The van der Waals surface area contributed by atoms with Crippen LogP contribution >= 0.6 is 27.5 Å². The molecule has 1 aromatic rings. The molecule has 0 atom stereocenters. The van der Waals surface area contributed by atoms with Gasteiger partial charge in [0.05, 0.1) is 15.9 Å². The number of ketones is 1. The maximum Gasteiger partial charge on any atom is 0.388 e. The van der Waals surface area contributed by atoms with Crippen molar-refractivity contribution in [2.75, 3.05) is 5.33 Å². The van der Waals surface area contributed by atoms with Gasteiger partial charge >= 0.3 is 6.61 Å². The third kappa shape index (κ3) is 3.39. The van der Waals surface area contributed by atoms with E-state index in [2.05, 4.69) is 25.7 Å². The van der Waals surface area contributed by atoms with Crippen molar-refractivity contribution in [1.29, 1.82) is 0 Å². The number of ether oxygens (including phenoxy) is 1. The predicted octanol–water partition coefficient (Wildman–Crippen LogP) is 2.91. The minimum absolute atomic E-state index is 0.0192. The van der Waals surface area contributed by atoms with Crippen LogP contribution in [-0.2, 0) is 0 Å². The largest absolute Gasteiger partial charge is 0.416 e. The lowest BCUT2D eigenvalue weighted by molar-refractivity contribution is -0.0531. The number of aromatic nitrogens is 1. The Bertz CT molecular complexity index is 376. The van der Waals surface area contributed by atoms with E-state index in [1.807, 2.05) is 0 Å². The third-order valence-electron chi connectivity index (χ3n) is 1.44. The normalized spacial score (nSPS) is 10.5. The van der Waals surface area contributed by atoms with Gasteiger partial charge in [-0.25, -0.2) is 4.98 Å². The first-order chi connectivity index (χ1) is 7.04. The molecule has 1 rings (SSSR count). The second-order valence-corrected chi connectivity index (χ2v) is 3.44. The highest BCUT2D eigenvalue weighted by Gasteiger charge is 2.16. The third-order valence-corrected chi connectivity index (χ3v) is 2.16. The molecule has 0 N–H and O–H groups in total. The molecule has 0 saturated heterocycles. The van der Waals surface area contributed by atoms with E-state index in [0.717, 1.165) is 6.20 Å². The molecule has 1 heterocycles. The molecule has 0 aromatic carbocycles. The van der Waals surface area contributed by atoms with Crippen LogP contribution in [0.15, 0.2) is 12.3 Å². The highest BCUT2D eigenvalue weighted by molar-refractivity contribution is 9.09. The Morgan fingerprint density at radius 3 is 2.87 bits per heavy atom. The van der Waals surface area contributed by atoms with Gasteiger partial charge in [0, 0.05) is 6.20 Å². The highest BCUT2D eigenvalue weighted by atomic mass is 79.9. The lowest BCUT2D eigenvalue weighted by Gasteiger charge is -2.07. The molecule has 82 valence electrons. The number of nitrogens with zero attached hydrogens (tertiary/aromatic N) is 1. The maximum absolute atomic E-state index is 12.0. The molecule has 0 spiro atoms. The average Bonchev–Trinajstić information content (AvgIpc) is 2.19. The summed E-state index contributed by atoms with van der Waals surface area (Å²) in [6.07, 6.45) is 1.13. The second-order valence-electron chi connectivity index (χ2n) is 2.44. The van der Waals surface area contributed by atoms with Crippen LogP contribution in [0.5, 0.6) is 5.88 Å². The van der Waals surface area contributed by atoms with Crippen molar-refractivity contribution in [2.45, 2.75) is 6.61 Å². The molecule has 15 heavy (non-hydrogen) atoms. The van der Waals surface area contributed by atoms with Gasteiger partial charge in [0.1, 0.15) is 0 Å². The summed E-state index contributed by atoms with van der Waals surface area (Å²) in [5, 5.41) is 0.162. The first-order valence-electron chi connectivity index (χ1n) is 3.74. The summed E-state index contributed by atoms with van der Waals surface area (Å²) in [6.45, 7) is -3.03. The van der Waals surface area contributed by atoms with Crippen LogP contribution < -0.4 is 4.74 Å². The Hall–Kier alpha value is -0.750. The fourth-order valence-electron chi connectivity index (χ4n) is 0.877. The number of hydrogen-bond acceptors (Lipinski definition) is 3. The number of alkyl halides is 3. The SMILES string of the molecule is O=C(CBr)c1cc(Cl)cnc1OC(F)F. The summed E-state index contributed by atoms with van der Waals surface area (Å²) >= 11 is 8.49. The van der Waals surface area contributed by atoms with E-state index < -0.39 is 18.3 Å². The molecular weight excluding hydrogens is 295 g/mol. The highest BCUT2D eigenvalue weighted by Crippen LogP contribution is 2.22. The molecule has 0 fully saturated rings. The van der Waals surface area contributed by atoms with Crippen molar-refractivity contribution < 1.29 is 18.3 Å². The quantitative estimate of drug-likeness (QED) is 0.634. The first kappa shape index (κ1) is 12.3. The number of carbonyl (C=O) groups excluding carboxylic acids is 1. The first-order valence-corrected chi connectivity index (χ1v) is 5.24. The summed E-state index contributed by atoms with van der Waals surface area (Å²) < 4.78 is 28.0. The second kappa shape index (κ2) is 5.37. The zero-order chi connectivity index (χ0) is 11.4. The number of rotatable bonds is 4. The van der Waals surface area contributed by atoms with Crippen molar-refractivity contribution in [3.05, 3.63) is 22.8 Å². The van der Waals surface area contributed by atoms with E-state index in [-0.39, 0.29) is 15.9 Å². The molecule has 3 nitrogen and oxygen atoms in total. The van der Waals surface area contributed by atoms with Crippen molar-refractivity contribution in [1.82, 2.24) is 4.98 Å². The minimum Gasteiger partial charge on any atom is -0.416 e. The van der Waals surface area contributed by atoms with Crippen molar-refractivity contribution >= 4 is 33.3 Å². The van der Waals surface area contributed by atoms with Crippen LogP contribution in [-0.4, -0.2) is 22.7 Å². The van der Waals surface area contributed by atoms with E-state index in [4.69, 9.17) is 11.6 Å². The Kier molecular flexibility index (Phi) is 4.41. The topological polar surface area (TPSA) is 39.2 Å². The Morgan fingerprint density at radius 1 is 1.67 bits per heavy atom. The molecule has 0 amide bonds. The van der Waals surface area contributed by atoms with Crippen molar-refractivity contribution in [3.8, 4) is 5.88 Å². The van der Waals surface area contributed by atoms with Crippen LogP contribution in [0, 0.1) is 0 Å². The lowest BCUT2D eigenvalue weighted by atomic mass is 10.2. The molecule has 0 saturated carbocycles. The molecule has 0 aliphatic rings. The predicted molar refractivity (Wildman–Crippen MR) is 54.0 cm³/mol. The molecule has 0 unspecified atom stereocenters. The van der Waals surface area contributed by atoms with Crippen LogP contribution in [0.4, 0.5) is 8.78 Å². The van der Waals surface area contributed by atoms with Gasteiger partial charge in [0.25, 0.3) is 0 Å². The van der Waals surface area contributed by atoms with Crippen LogP contribution in [0.3, 0.4) is 0 Å². The number of Topliss-reactive ketones (excluding diaryl/α,β-unsaturated/α-hetero) is 1. The summed E-state index contributed by atoms with van der Waals surface area (Å²) in [7, 11) is 0. The summed E-state index contributed by atoms with van der Waals surface area (Å²) in [6, 6.07) is 1.23. The number of halogens is 4. The van der Waals surface area contributed by atoms with Crippen molar-refractivity contribution in [2.24, 2.45) is 0 Å². The average molecular weight is 300 g/mol. The molecule has 0 radical (unpaired) electrons. The van der Waals surface area contributed by atoms with Gasteiger partial charge < -0.3 is 4.74 Å². The Balaban J connectivity index is 3.08. The smallest absolute Gasteiger partial charge is 0.388 e. The molecule has 0 aliphatic heterocycles. The number of pyridine rings is 1. The van der Waals surface area contributed by atoms with Crippen LogP contribution in [0.1, 0.15) is 10.4 Å². The Labute approximate surface area is 97.5 Å².